The van der Waals surface area contributed by atoms with E-state index >= 15 is 0 Å². The SMILES string of the molecule is CCOc1c(C)cc(C)cc1C(C)=O. The van der Waals surface area contributed by atoms with E-state index in [4.69, 9.17) is 4.74 Å². The van der Waals surface area contributed by atoms with E-state index < -0.39 is 0 Å². The zero-order valence-corrected chi connectivity index (χ0v) is 9.18. The van der Waals surface area contributed by atoms with E-state index in [9.17, 15) is 4.79 Å². The van der Waals surface area contributed by atoms with E-state index in [-0.39, 0.29) is 5.78 Å². The number of ketones is 1. The fraction of sp³-hybridized carbons (Fsp3) is 0.417. The Labute approximate surface area is 84.9 Å². The average Bonchev–Trinajstić information content (AvgIpc) is 2.09. The highest BCUT2D eigenvalue weighted by molar-refractivity contribution is 5.97. The topological polar surface area (TPSA) is 26.3 Å². The molecule has 2 heteroatoms. The molecular formula is C12H16O2. The van der Waals surface area contributed by atoms with Gasteiger partial charge in [0.05, 0.1) is 12.2 Å². The van der Waals surface area contributed by atoms with Gasteiger partial charge >= 0.3 is 0 Å². The van der Waals surface area contributed by atoms with Gasteiger partial charge < -0.3 is 4.74 Å². The molecule has 0 spiro atoms. The van der Waals surface area contributed by atoms with Crippen LogP contribution in [0.3, 0.4) is 0 Å². The van der Waals surface area contributed by atoms with E-state index in [1.165, 1.54) is 0 Å². The summed E-state index contributed by atoms with van der Waals surface area (Å²) in [5.41, 5.74) is 2.80. The third kappa shape index (κ3) is 2.13. The molecule has 1 aromatic carbocycles. The monoisotopic (exact) mass is 192 g/mol. The standard InChI is InChI=1S/C12H16O2/c1-5-14-12-9(3)6-8(2)7-11(12)10(4)13/h6-7H,5H2,1-4H3. The van der Waals surface area contributed by atoms with Crippen molar-refractivity contribution < 1.29 is 9.53 Å². The lowest BCUT2D eigenvalue weighted by molar-refractivity contribution is 0.101. The fourth-order valence-corrected chi connectivity index (χ4v) is 1.55. The highest BCUT2D eigenvalue weighted by Gasteiger charge is 2.11. The molecule has 0 saturated heterocycles. The molecule has 0 saturated carbocycles. The zero-order valence-electron chi connectivity index (χ0n) is 9.18. The molecule has 0 bridgehead atoms. The maximum Gasteiger partial charge on any atom is 0.163 e. The quantitative estimate of drug-likeness (QED) is 0.688. The Balaban J connectivity index is 3.28. The molecule has 0 atom stereocenters. The van der Waals surface area contributed by atoms with Gasteiger partial charge in [0.2, 0.25) is 0 Å². The van der Waals surface area contributed by atoms with Gasteiger partial charge in [0.1, 0.15) is 5.75 Å². The van der Waals surface area contributed by atoms with Gasteiger partial charge in [0, 0.05) is 0 Å². The van der Waals surface area contributed by atoms with Crippen LogP contribution in [0.2, 0.25) is 0 Å². The lowest BCUT2D eigenvalue weighted by Crippen LogP contribution is -2.03. The van der Waals surface area contributed by atoms with Crippen molar-refractivity contribution >= 4 is 5.78 Å². The summed E-state index contributed by atoms with van der Waals surface area (Å²) in [5.74, 6) is 0.783. The summed E-state index contributed by atoms with van der Waals surface area (Å²) >= 11 is 0. The second-order valence-electron chi connectivity index (χ2n) is 3.45. The Morgan fingerprint density at radius 3 is 2.50 bits per heavy atom. The lowest BCUT2D eigenvalue weighted by atomic mass is 10.0. The maximum atomic E-state index is 11.4. The minimum absolute atomic E-state index is 0.0558. The molecule has 0 N–H and O–H groups in total. The normalized spacial score (nSPS) is 10.0. The van der Waals surface area contributed by atoms with Crippen LogP contribution in [0, 0.1) is 13.8 Å². The van der Waals surface area contributed by atoms with E-state index in [0.717, 1.165) is 16.9 Å². The average molecular weight is 192 g/mol. The molecule has 0 aliphatic heterocycles. The molecule has 0 amide bonds. The molecule has 76 valence electrons. The first-order chi connectivity index (χ1) is 6.56. The van der Waals surface area contributed by atoms with Crippen LogP contribution in [-0.2, 0) is 0 Å². The van der Waals surface area contributed by atoms with E-state index in [1.54, 1.807) is 6.92 Å². The Hall–Kier alpha value is -1.31. The van der Waals surface area contributed by atoms with Crippen LogP contribution in [0.4, 0.5) is 0 Å². The van der Waals surface area contributed by atoms with Gasteiger partial charge in [-0.1, -0.05) is 6.07 Å². The van der Waals surface area contributed by atoms with Crippen LogP contribution in [0.5, 0.6) is 5.75 Å². The van der Waals surface area contributed by atoms with Gasteiger partial charge in [-0.25, -0.2) is 0 Å². The van der Waals surface area contributed by atoms with Gasteiger partial charge in [0.15, 0.2) is 5.78 Å². The Kier molecular flexibility index (Phi) is 3.28. The van der Waals surface area contributed by atoms with E-state index in [0.29, 0.717) is 12.2 Å². The first-order valence-corrected chi connectivity index (χ1v) is 4.81. The van der Waals surface area contributed by atoms with E-state index in [2.05, 4.69) is 0 Å². The first-order valence-electron chi connectivity index (χ1n) is 4.81. The highest BCUT2D eigenvalue weighted by Crippen LogP contribution is 2.25. The Morgan fingerprint density at radius 2 is 2.00 bits per heavy atom. The fourth-order valence-electron chi connectivity index (χ4n) is 1.55. The Bertz CT molecular complexity index is 354. The smallest absolute Gasteiger partial charge is 0.163 e. The van der Waals surface area contributed by atoms with Gasteiger partial charge in [0.25, 0.3) is 0 Å². The predicted molar refractivity (Wildman–Crippen MR) is 57.1 cm³/mol. The third-order valence-corrected chi connectivity index (χ3v) is 2.09. The molecule has 1 rings (SSSR count). The predicted octanol–water partition coefficient (Wildman–Crippen LogP) is 2.90. The first kappa shape index (κ1) is 10.8. The number of aryl methyl sites for hydroxylation is 2. The van der Waals surface area contributed by atoms with Gasteiger partial charge in [-0.3, -0.25) is 4.79 Å². The molecule has 2 nitrogen and oxygen atoms in total. The maximum absolute atomic E-state index is 11.4. The highest BCUT2D eigenvalue weighted by atomic mass is 16.5. The molecule has 0 unspecified atom stereocenters. The summed E-state index contributed by atoms with van der Waals surface area (Å²) in [6, 6.07) is 3.90. The van der Waals surface area contributed by atoms with Crippen molar-refractivity contribution in [3.63, 3.8) is 0 Å². The van der Waals surface area contributed by atoms with Crippen molar-refractivity contribution in [3.8, 4) is 5.75 Å². The van der Waals surface area contributed by atoms with Crippen LogP contribution < -0.4 is 4.74 Å². The van der Waals surface area contributed by atoms with Crippen LogP contribution >= 0.6 is 0 Å². The molecule has 0 radical (unpaired) electrons. The van der Waals surface area contributed by atoms with Crippen LogP contribution in [0.25, 0.3) is 0 Å². The van der Waals surface area contributed by atoms with E-state index in [1.807, 2.05) is 32.9 Å². The minimum Gasteiger partial charge on any atom is -0.493 e. The summed E-state index contributed by atoms with van der Waals surface area (Å²) in [7, 11) is 0. The molecule has 0 heterocycles. The second kappa shape index (κ2) is 4.27. The molecule has 14 heavy (non-hydrogen) atoms. The van der Waals surface area contributed by atoms with Crippen LogP contribution in [0.1, 0.15) is 35.3 Å². The zero-order chi connectivity index (χ0) is 10.7. The van der Waals surface area contributed by atoms with Gasteiger partial charge in [-0.15, -0.1) is 0 Å². The van der Waals surface area contributed by atoms with Crippen molar-refractivity contribution in [1.29, 1.82) is 0 Å². The number of benzene rings is 1. The summed E-state index contributed by atoms with van der Waals surface area (Å²) in [5, 5.41) is 0. The van der Waals surface area contributed by atoms with Crippen molar-refractivity contribution in [2.45, 2.75) is 27.7 Å². The largest absolute Gasteiger partial charge is 0.493 e. The second-order valence-corrected chi connectivity index (χ2v) is 3.45. The van der Waals surface area contributed by atoms with Crippen molar-refractivity contribution in [2.24, 2.45) is 0 Å². The minimum atomic E-state index is 0.0558. The number of ether oxygens (including phenoxy) is 1. The Morgan fingerprint density at radius 1 is 1.36 bits per heavy atom. The van der Waals surface area contributed by atoms with Gasteiger partial charge in [-0.2, -0.15) is 0 Å². The molecule has 0 aromatic heterocycles. The molecular weight excluding hydrogens is 176 g/mol. The number of rotatable bonds is 3. The van der Waals surface area contributed by atoms with Crippen molar-refractivity contribution in [3.05, 3.63) is 28.8 Å². The van der Waals surface area contributed by atoms with Crippen LogP contribution in [0.15, 0.2) is 12.1 Å². The molecule has 0 fully saturated rings. The van der Waals surface area contributed by atoms with Gasteiger partial charge in [-0.05, 0) is 44.9 Å². The number of carbonyl (C=O) groups excluding carboxylic acids is 1. The number of carbonyl (C=O) groups is 1. The molecule has 1 aromatic rings. The summed E-state index contributed by atoms with van der Waals surface area (Å²) in [4.78, 5) is 11.4. The molecule has 0 aliphatic rings. The van der Waals surface area contributed by atoms with Crippen LogP contribution in [-0.4, -0.2) is 12.4 Å². The van der Waals surface area contributed by atoms with Crippen molar-refractivity contribution in [1.82, 2.24) is 0 Å². The summed E-state index contributed by atoms with van der Waals surface area (Å²) in [6.45, 7) is 8.02. The molecule has 0 aliphatic carbocycles. The number of hydrogen-bond acceptors (Lipinski definition) is 2. The lowest BCUT2D eigenvalue weighted by Gasteiger charge is -2.12. The summed E-state index contributed by atoms with van der Waals surface area (Å²) in [6.07, 6.45) is 0. The number of Topliss-reactive ketones (excluding diaryl/α,β-unsaturated/α-hetero) is 1. The number of hydrogen-bond donors (Lipinski definition) is 0. The van der Waals surface area contributed by atoms with Crippen molar-refractivity contribution in [2.75, 3.05) is 6.61 Å². The summed E-state index contributed by atoms with van der Waals surface area (Å²) < 4.78 is 5.46. The third-order valence-electron chi connectivity index (χ3n) is 2.09.